The van der Waals surface area contributed by atoms with Crippen LogP contribution in [0.4, 0.5) is 5.82 Å². The van der Waals surface area contributed by atoms with Crippen LogP contribution in [-0.2, 0) is 0 Å². The largest absolute Gasteiger partial charge is 0.381 e. The highest BCUT2D eigenvalue weighted by Crippen LogP contribution is 2.38. The van der Waals surface area contributed by atoms with Crippen LogP contribution in [0.3, 0.4) is 0 Å². The van der Waals surface area contributed by atoms with Crippen LogP contribution in [0.25, 0.3) is 10.6 Å². The van der Waals surface area contributed by atoms with E-state index < -0.39 is 0 Å². The van der Waals surface area contributed by atoms with Gasteiger partial charge in [-0.25, -0.2) is 0 Å². The van der Waals surface area contributed by atoms with Crippen LogP contribution < -0.4 is 5.73 Å². The van der Waals surface area contributed by atoms with E-state index in [-0.39, 0.29) is 0 Å². The van der Waals surface area contributed by atoms with Gasteiger partial charge in [-0.1, -0.05) is 16.8 Å². The number of halogens is 2. The van der Waals surface area contributed by atoms with Gasteiger partial charge in [0.05, 0.1) is 4.88 Å². The van der Waals surface area contributed by atoms with Crippen molar-refractivity contribution in [2.45, 2.75) is 0 Å². The lowest BCUT2D eigenvalue weighted by Gasteiger charge is -1.83. The first-order valence-corrected chi connectivity index (χ1v) is 5.33. The second-order valence-corrected chi connectivity index (χ2v) is 4.86. The first-order chi connectivity index (χ1) is 6.16. The molecule has 0 spiro atoms. The molecule has 2 N–H and O–H groups in total. The fourth-order valence-corrected chi connectivity index (χ4v) is 2.52. The second-order valence-electron chi connectivity index (χ2n) is 2.35. The quantitative estimate of drug-likeness (QED) is 0.870. The Labute approximate surface area is 91.6 Å². The smallest absolute Gasteiger partial charge is 0.179 e. The van der Waals surface area contributed by atoms with Gasteiger partial charge in [0.25, 0.3) is 0 Å². The van der Waals surface area contributed by atoms with Crippen LogP contribution in [0.1, 0.15) is 0 Å². The molecule has 6 heteroatoms. The van der Waals surface area contributed by atoms with Crippen LogP contribution in [0.5, 0.6) is 0 Å². The Balaban J connectivity index is 2.46. The summed E-state index contributed by atoms with van der Waals surface area (Å²) in [7, 11) is 0. The van der Waals surface area contributed by atoms with E-state index in [4.69, 9.17) is 21.9 Å². The van der Waals surface area contributed by atoms with E-state index >= 15 is 0 Å². The molecule has 13 heavy (non-hydrogen) atoms. The predicted octanol–water partition coefficient (Wildman–Crippen LogP) is 3.40. The van der Waals surface area contributed by atoms with Gasteiger partial charge in [0.2, 0.25) is 0 Å². The molecule has 3 nitrogen and oxygen atoms in total. The SMILES string of the molecule is Nc1cc(-c2cc(Br)c(Cl)s2)on1. The van der Waals surface area contributed by atoms with Crippen molar-refractivity contribution in [3.05, 3.63) is 20.9 Å². The van der Waals surface area contributed by atoms with E-state index in [0.29, 0.717) is 15.9 Å². The monoisotopic (exact) mass is 278 g/mol. The molecule has 2 rings (SSSR count). The third-order valence-electron chi connectivity index (χ3n) is 1.42. The molecule has 0 saturated heterocycles. The Hall–Kier alpha value is -0.520. The minimum atomic E-state index is 0.371. The zero-order valence-corrected chi connectivity index (χ0v) is 9.41. The Bertz CT molecular complexity index is 420. The molecular weight excluding hydrogens is 276 g/mol. The number of rotatable bonds is 1. The van der Waals surface area contributed by atoms with Gasteiger partial charge < -0.3 is 10.3 Å². The topological polar surface area (TPSA) is 52.0 Å². The third kappa shape index (κ3) is 1.72. The summed E-state index contributed by atoms with van der Waals surface area (Å²) in [5.74, 6) is 1.01. The van der Waals surface area contributed by atoms with E-state index in [1.165, 1.54) is 11.3 Å². The van der Waals surface area contributed by atoms with Crippen LogP contribution in [0.2, 0.25) is 4.34 Å². The third-order valence-corrected chi connectivity index (χ3v) is 3.91. The van der Waals surface area contributed by atoms with Crippen LogP contribution >= 0.6 is 38.9 Å². The first kappa shape index (κ1) is 9.05. The van der Waals surface area contributed by atoms with Crippen molar-refractivity contribution in [2.75, 3.05) is 5.73 Å². The minimum absolute atomic E-state index is 0.371. The summed E-state index contributed by atoms with van der Waals surface area (Å²) in [5.41, 5.74) is 5.42. The molecule has 0 aromatic carbocycles. The number of anilines is 1. The van der Waals surface area contributed by atoms with Crippen LogP contribution in [-0.4, -0.2) is 5.16 Å². The lowest BCUT2D eigenvalue weighted by Crippen LogP contribution is -1.79. The van der Waals surface area contributed by atoms with Gasteiger partial charge in [0.15, 0.2) is 11.6 Å². The number of thiophene rings is 1. The number of aromatic nitrogens is 1. The zero-order chi connectivity index (χ0) is 9.42. The summed E-state index contributed by atoms with van der Waals surface area (Å²) in [6, 6.07) is 3.53. The lowest BCUT2D eigenvalue weighted by molar-refractivity contribution is 0.436. The van der Waals surface area contributed by atoms with Gasteiger partial charge in [0, 0.05) is 10.5 Å². The predicted molar refractivity (Wildman–Crippen MR) is 56.9 cm³/mol. The fraction of sp³-hybridized carbons (Fsp3) is 0. The normalized spacial score (nSPS) is 10.6. The number of nitrogens with zero attached hydrogens (tertiary/aromatic N) is 1. The molecule has 0 aliphatic rings. The number of hydrogen-bond acceptors (Lipinski definition) is 4. The summed E-state index contributed by atoms with van der Waals surface area (Å²) in [6.07, 6.45) is 0. The molecule has 0 bridgehead atoms. The van der Waals surface area contributed by atoms with E-state index in [2.05, 4.69) is 21.1 Å². The Morgan fingerprint density at radius 2 is 2.31 bits per heavy atom. The summed E-state index contributed by atoms with van der Waals surface area (Å²) >= 11 is 10.6. The highest BCUT2D eigenvalue weighted by molar-refractivity contribution is 9.10. The van der Waals surface area contributed by atoms with Gasteiger partial charge in [-0.2, -0.15) is 0 Å². The number of nitrogen functional groups attached to an aromatic ring is 1. The van der Waals surface area contributed by atoms with Gasteiger partial charge in [-0.15, -0.1) is 11.3 Å². The Morgan fingerprint density at radius 3 is 2.77 bits per heavy atom. The molecular formula is C7H4BrClN2OS. The van der Waals surface area contributed by atoms with Crippen molar-refractivity contribution in [3.8, 4) is 10.6 Å². The van der Waals surface area contributed by atoms with E-state index in [1.54, 1.807) is 6.07 Å². The summed E-state index contributed by atoms with van der Waals surface area (Å²) in [5, 5.41) is 3.58. The van der Waals surface area contributed by atoms with E-state index in [1.807, 2.05) is 6.07 Å². The average Bonchev–Trinajstić information content (AvgIpc) is 2.61. The highest BCUT2D eigenvalue weighted by Gasteiger charge is 2.10. The number of hydrogen-bond donors (Lipinski definition) is 1. The minimum Gasteiger partial charge on any atom is -0.381 e. The zero-order valence-electron chi connectivity index (χ0n) is 6.25. The Kier molecular flexibility index (Phi) is 2.31. The highest BCUT2D eigenvalue weighted by atomic mass is 79.9. The fourth-order valence-electron chi connectivity index (χ4n) is 0.873. The molecule has 0 radical (unpaired) electrons. The van der Waals surface area contributed by atoms with Crippen molar-refractivity contribution in [3.63, 3.8) is 0 Å². The summed E-state index contributed by atoms with van der Waals surface area (Å²) in [6.45, 7) is 0. The maximum Gasteiger partial charge on any atom is 0.179 e. The molecule has 2 heterocycles. The van der Waals surface area contributed by atoms with Crippen molar-refractivity contribution in [1.29, 1.82) is 0 Å². The van der Waals surface area contributed by atoms with Crippen molar-refractivity contribution < 1.29 is 4.52 Å². The number of nitrogens with two attached hydrogens (primary N) is 1. The maximum absolute atomic E-state index is 5.86. The van der Waals surface area contributed by atoms with E-state index in [0.717, 1.165) is 9.35 Å². The molecule has 0 fully saturated rings. The van der Waals surface area contributed by atoms with Crippen molar-refractivity contribution in [1.82, 2.24) is 5.16 Å². The molecule has 0 aliphatic heterocycles. The molecule has 0 aliphatic carbocycles. The molecule has 0 atom stereocenters. The molecule has 0 amide bonds. The van der Waals surface area contributed by atoms with Gasteiger partial charge in [-0.05, 0) is 22.0 Å². The van der Waals surface area contributed by atoms with Crippen LogP contribution in [0, 0.1) is 0 Å². The van der Waals surface area contributed by atoms with Crippen LogP contribution in [0.15, 0.2) is 21.1 Å². The van der Waals surface area contributed by atoms with Gasteiger partial charge >= 0.3 is 0 Å². The van der Waals surface area contributed by atoms with Gasteiger partial charge in [0.1, 0.15) is 4.34 Å². The first-order valence-electron chi connectivity index (χ1n) is 3.34. The van der Waals surface area contributed by atoms with Crippen molar-refractivity contribution in [2.24, 2.45) is 0 Å². The van der Waals surface area contributed by atoms with Crippen molar-refractivity contribution >= 4 is 44.7 Å². The molecule has 68 valence electrons. The van der Waals surface area contributed by atoms with E-state index in [9.17, 15) is 0 Å². The van der Waals surface area contributed by atoms with Gasteiger partial charge in [-0.3, -0.25) is 0 Å². The second kappa shape index (κ2) is 3.32. The molecule has 2 aromatic heterocycles. The summed E-state index contributed by atoms with van der Waals surface area (Å²) in [4.78, 5) is 0.904. The average molecular weight is 280 g/mol. The summed E-state index contributed by atoms with van der Waals surface area (Å²) < 4.78 is 6.51. The Morgan fingerprint density at radius 1 is 1.54 bits per heavy atom. The molecule has 2 aromatic rings. The molecule has 0 unspecified atom stereocenters. The molecule has 0 saturated carbocycles. The lowest BCUT2D eigenvalue weighted by atomic mass is 10.4. The standard InChI is InChI=1S/C7H4BrClN2OS/c8-3-1-5(13-7(3)9)4-2-6(10)11-12-4/h1-2H,(H2,10,11). The maximum atomic E-state index is 5.86.